The van der Waals surface area contributed by atoms with Crippen LogP contribution in [0, 0.1) is 6.92 Å². The largest absolute Gasteiger partial charge is 0.331 e. The zero-order valence-corrected chi connectivity index (χ0v) is 10.1. The number of hydrogen-bond acceptors (Lipinski definition) is 1. The van der Waals surface area contributed by atoms with Gasteiger partial charge in [-0.2, -0.15) is 0 Å². The fourth-order valence-corrected chi connectivity index (χ4v) is 2.16. The van der Waals surface area contributed by atoms with Crippen LogP contribution in [0.5, 0.6) is 0 Å². The van der Waals surface area contributed by atoms with Gasteiger partial charge in [-0.3, -0.25) is 4.79 Å². The lowest BCUT2D eigenvalue weighted by atomic mass is 10.1. The molecule has 0 aromatic heterocycles. The number of rotatable bonds is 1. The topological polar surface area (TPSA) is 20.3 Å². The molecule has 3 heteroatoms. The Kier molecular flexibility index (Phi) is 2.91. The average Bonchev–Trinajstić information content (AvgIpc) is 2.69. The predicted molar refractivity (Wildman–Crippen MR) is 63.9 cm³/mol. The molecule has 1 heterocycles. The molecule has 0 fully saturated rings. The molecule has 1 aromatic rings. The molecule has 1 aliphatic rings. The third-order valence-corrected chi connectivity index (χ3v) is 3.02. The number of hydrogen-bond donors (Lipinski definition) is 0. The maximum absolute atomic E-state index is 12.0. The van der Waals surface area contributed by atoms with Gasteiger partial charge >= 0.3 is 0 Å². The maximum atomic E-state index is 12.0. The molecule has 0 bridgehead atoms. The molecule has 0 atom stereocenters. The quantitative estimate of drug-likeness (QED) is 0.716. The first-order chi connectivity index (χ1) is 7.18. The first-order valence-corrected chi connectivity index (χ1v) is 5.68. The average molecular weight is 266 g/mol. The molecule has 0 spiro atoms. The van der Waals surface area contributed by atoms with Gasteiger partial charge in [-0.15, -0.1) is 0 Å². The molecule has 78 valence electrons. The first kappa shape index (κ1) is 10.4. The van der Waals surface area contributed by atoms with Crippen molar-refractivity contribution in [3.63, 3.8) is 0 Å². The van der Waals surface area contributed by atoms with Crippen LogP contribution in [0.2, 0.25) is 0 Å². The highest BCUT2D eigenvalue weighted by Gasteiger charge is 2.17. The summed E-state index contributed by atoms with van der Waals surface area (Å²) in [5.74, 6) is 0.116. The van der Waals surface area contributed by atoms with Crippen LogP contribution in [0.4, 0.5) is 0 Å². The lowest BCUT2D eigenvalue weighted by Crippen LogP contribution is -2.28. The molecule has 1 aliphatic heterocycles. The third-order valence-electron chi connectivity index (χ3n) is 2.52. The monoisotopic (exact) mass is 265 g/mol. The molecule has 2 rings (SSSR count). The van der Waals surface area contributed by atoms with Crippen LogP contribution < -0.4 is 0 Å². The van der Waals surface area contributed by atoms with E-state index in [9.17, 15) is 4.79 Å². The van der Waals surface area contributed by atoms with E-state index in [0.717, 1.165) is 28.7 Å². The van der Waals surface area contributed by atoms with Gasteiger partial charge in [0.2, 0.25) is 0 Å². The Balaban J connectivity index is 2.25. The van der Waals surface area contributed by atoms with Crippen molar-refractivity contribution in [2.45, 2.75) is 6.92 Å². The lowest BCUT2D eigenvalue weighted by Gasteiger charge is -2.16. The number of nitrogens with zero attached hydrogens (tertiary/aromatic N) is 1. The highest BCUT2D eigenvalue weighted by Crippen LogP contribution is 2.18. The Morgan fingerprint density at radius 3 is 2.60 bits per heavy atom. The molecule has 0 N–H and O–H groups in total. The van der Waals surface area contributed by atoms with Crippen molar-refractivity contribution >= 4 is 21.8 Å². The van der Waals surface area contributed by atoms with Crippen molar-refractivity contribution in [3.8, 4) is 0 Å². The molecule has 15 heavy (non-hydrogen) atoms. The van der Waals surface area contributed by atoms with Crippen LogP contribution in [-0.4, -0.2) is 23.9 Å². The van der Waals surface area contributed by atoms with Gasteiger partial charge in [-0.05, 0) is 30.7 Å². The number of carbonyl (C=O) groups excluding carboxylic acids is 1. The van der Waals surface area contributed by atoms with Crippen molar-refractivity contribution in [2.75, 3.05) is 13.1 Å². The van der Waals surface area contributed by atoms with E-state index >= 15 is 0 Å². The van der Waals surface area contributed by atoms with Gasteiger partial charge in [-0.25, -0.2) is 0 Å². The molecule has 0 unspecified atom stereocenters. The molecule has 1 amide bonds. The molecule has 2 nitrogen and oxygen atoms in total. The minimum absolute atomic E-state index is 0.116. The molecule has 0 saturated carbocycles. The lowest BCUT2D eigenvalue weighted by molar-refractivity contribution is 0.0799. The van der Waals surface area contributed by atoms with E-state index in [-0.39, 0.29) is 5.91 Å². The van der Waals surface area contributed by atoms with E-state index in [2.05, 4.69) is 15.9 Å². The molecule has 0 aliphatic carbocycles. The van der Waals surface area contributed by atoms with E-state index in [4.69, 9.17) is 0 Å². The van der Waals surface area contributed by atoms with Crippen LogP contribution in [0.15, 0.2) is 34.8 Å². The third kappa shape index (κ3) is 2.12. The number of aryl methyl sites for hydroxylation is 1. The van der Waals surface area contributed by atoms with Gasteiger partial charge in [0.05, 0.1) is 0 Å². The Hall–Kier alpha value is -1.09. The smallest absolute Gasteiger partial charge is 0.254 e. The molecular formula is C12H12BrNO. The van der Waals surface area contributed by atoms with Crippen molar-refractivity contribution in [1.82, 2.24) is 4.90 Å². The Morgan fingerprint density at radius 1 is 1.33 bits per heavy atom. The standard InChI is InChI=1S/C12H12BrNO/c1-9-8-10(13)4-5-11(9)12(15)14-6-2-3-7-14/h2-5,8H,6-7H2,1H3. The highest BCUT2D eigenvalue weighted by molar-refractivity contribution is 9.10. The summed E-state index contributed by atoms with van der Waals surface area (Å²) in [6, 6.07) is 5.75. The van der Waals surface area contributed by atoms with Gasteiger partial charge in [0.15, 0.2) is 0 Å². The Morgan fingerprint density at radius 2 is 2.00 bits per heavy atom. The van der Waals surface area contributed by atoms with Crippen LogP contribution in [0.3, 0.4) is 0 Å². The zero-order valence-electron chi connectivity index (χ0n) is 8.53. The molecule has 0 radical (unpaired) electrons. The predicted octanol–water partition coefficient (Wildman–Crippen LogP) is 2.77. The van der Waals surface area contributed by atoms with E-state index < -0.39 is 0 Å². The summed E-state index contributed by atoms with van der Waals surface area (Å²) >= 11 is 3.39. The van der Waals surface area contributed by atoms with Gasteiger partial charge < -0.3 is 4.90 Å². The van der Waals surface area contributed by atoms with E-state index in [1.54, 1.807) is 0 Å². The van der Waals surface area contributed by atoms with Crippen LogP contribution in [-0.2, 0) is 0 Å². The van der Waals surface area contributed by atoms with Gasteiger partial charge in [0.25, 0.3) is 5.91 Å². The van der Waals surface area contributed by atoms with Crippen molar-refractivity contribution in [3.05, 3.63) is 46.0 Å². The summed E-state index contributed by atoms with van der Waals surface area (Å²) in [6.45, 7) is 3.42. The fourth-order valence-electron chi connectivity index (χ4n) is 1.68. The summed E-state index contributed by atoms with van der Waals surface area (Å²) in [6.07, 6.45) is 4.04. The Bertz CT molecular complexity index is 418. The SMILES string of the molecule is Cc1cc(Br)ccc1C(=O)N1CC=CC1. The van der Waals surface area contributed by atoms with E-state index in [0.29, 0.717) is 0 Å². The summed E-state index contributed by atoms with van der Waals surface area (Å²) in [5.41, 5.74) is 1.81. The molecule has 0 saturated heterocycles. The van der Waals surface area contributed by atoms with Crippen molar-refractivity contribution in [1.29, 1.82) is 0 Å². The second-order valence-electron chi connectivity index (χ2n) is 3.64. The zero-order chi connectivity index (χ0) is 10.8. The number of halogens is 1. The van der Waals surface area contributed by atoms with Crippen molar-refractivity contribution < 1.29 is 4.79 Å². The summed E-state index contributed by atoms with van der Waals surface area (Å²) in [4.78, 5) is 13.9. The van der Waals surface area contributed by atoms with E-state index in [1.807, 2.05) is 42.2 Å². The number of benzene rings is 1. The first-order valence-electron chi connectivity index (χ1n) is 4.89. The van der Waals surface area contributed by atoms with Crippen molar-refractivity contribution in [2.24, 2.45) is 0 Å². The highest BCUT2D eigenvalue weighted by atomic mass is 79.9. The minimum atomic E-state index is 0.116. The maximum Gasteiger partial charge on any atom is 0.254 e. The van der Waals surface area contributed by atoms with Crippen LogP contribution in [0.25, 0.3) is 0 Å². The van der Waals surface area contributed by atoms with Crippen LogP contribution in [0.1, 0.15) is 15.9 Å². The summed E-state index contributed by atoms with van der Waals surface area (Å²) in [5, 5.41) is 0. The normalized spacial score (nSPS) is 14.7. The minimum Gasteiger partial charge on any atom is -0.331 e. The van der Waals surface area contributed by atoms with Gasteiger partial charge in [0.1, 0.15) is 0 Å². The summed E-state index contributed by atoms with van der Waals surface area (Å²) in [7, 11) is 0. The number of carbonyl (C=O) groups is 1. The molecular weight excluding hydrogens is 254 g/mol. The number of amides is 1. The van der Waals surface area contributed by atoms with Gasteiger partial charge in [-0.1, -0.05) is 28.1 Å². The molecule has 1 aromatic carbocycles. The van der Waals surface area contributed by atoms with Crippen LogP contribution >= 0.6 is 15.9 Å². The van der Waals surface area contributed by atoms with E-state index in [1.165, 1.54) is 0 Å². The second-order valence-corrected chi connectivity index (χ2v) is 4.56. The Labute approximate surface area is 97.7 Å². The second kappa shape index (κ2) is 4.19. The summed E-state index contributed by atoms with van der Waals surface area (Å²) < 4.78 is 1.01. The van der Waals surface area contributed by atoms with Gasteiger partial charge in [0, 0.05) is 23.1 Å². The fraction of sp³-hybridized carbons (Fsp3) is 0.250.